The molecule has 4 heteroatoms. The number of hydrogen-bond donors (Lipinski definition) is 2. The molecule has 0 fully saturated rings. The first-order valence-corrected chi connectivity index (χ1v) is 7.32. The predicted octanol–water partition coefficient (Wildman–Crippen LogP) is 4.19. The Labute approximate surface area is 130 Å². The Kier molecular flexibility index (Phi) is 5.31. The van der Waals surface area contributed by atoms with Crippen LogP contribution in [0.3, 0.4) is 0 Å². The van der Waals surface area contributed by atoms with Gasteiger partial charge in [-0.2, -0.15) is 0 Å². The molecule has 4 nitrogen and oxygen atoms in total. The Morgan fingerprint density at radius 3 is 2.64 bits per heavy atom. The van der Waals surface area contributed by atoms with Gasteiger partial charge in [0.2, 0.25) is 5.91 Å². The lowest BCUT2D eigenvalue weighted by molar-refractivity contribution is -0.116. The fourth-order valence-corrected chi connectivity index (χ4v) is 2.01. The number of hydrogen-bond acceptors (Lipinski definition) is 3. The second-order valence-electron chi connectivity index (χ2n) is 5.12. The number of rotatable bonds is 5. The summed E-state index contributed by atoms with van der Waals surface area (Å²) in [5.41, 5.74) is 3.02. The summed E-state index contributed by atoms with van der Waals surface area (Å²) < 4.78 is 0. The number of carbonyl (C=O) groups is 1. The molecule has 0 unspecified atom stereocenters. The van der Waals surface area contributed by atoms with Crippen molar-refractivity contribution in [3.63, 3.8) is 0 Å². The van der Waals surface area contributed by atoms with Crippen molar-refractivity contribution < 1.29 is 9.90 Å². The van der Waals surface area contributed by atoms with Crippen LogP contribution in [-0.4, -0.2) is 17.2 Å². The zero-order valence-corrected chi connectivity index (χ0v) is 12.8. The van der Waals surface area contributed by atoms with E-state index in [9.17, 15) is 9.90 Å². The van der Waals surface area contributed by atoms with Crippen LogP contribution in [0, 0.1) is 6.92 Å². The van der Waals surface area contributed by atoms with Crippen molar-refractivity contribution in [2.24, 2.45) is 4.99 Å². The van der Waals surface area contributed by atoms with Gasteiger partial charge in [-0.15, -0.1) is 0 Å². The molecule has 2 rings (SSSR count). The van der Waals surface area contributed by atoms with E-state index in [1.165, 1.54) is 0 Å². The van der Waals surface area contributed by atoms with Crippen molar-refractivity contribution in [1.29, 1.82) is 0 Å². The fourth-order valence-electron chi connectivity index (χ4n) is 2.01. The number of nitrogens with zero attached hydrogens (tertiary/aromatic N) is 1. The third-order valence-corrected chi connectivity index (χ3v) is 3.25. The number of aryl methyl sites for hydroxylation is 1. The van der Waals surface area contributed by atoms with Crippen molar-refractivity contribution in [2.45, 2.75) is 26.7 Å². The van der Waals surface area contributed by atoms with E-state index in [1.807, 2.05) is 56.3 Å². The molecule has 0 atom stereocenters. The first-order valence-electron chi connectivity index (χ1n) is 7.32. The van der Waals surface area contributed by atoms with Gasteiger partial charge in [-0.25, -0.2) is 0 Å². The minimum absolute atomic E-state index is 0.0171. The molecular formula is C18H20N2O2. The number of nitrogens with one attached hydrogen (secondary N) is 1. The highest BCUT2D eigenvalue weighted by Gasteiger charge is 2.02. The number of aliphatic imine (C=N–C) groups is 1. The second-order valence-corrected chi connectivity index (χ2v) is 5.12. The van der Waals surface area contributed by atoms with E-state index in [2.05, 4.69) is 10.3 Å². The normalized spacial score (nSPS) is 10.8. The number of amides is 1. The molecule has 0 aliphatic heterocycles. The van der Waals surface area contributed by atoms with Crippen LogP contribution in [0.2, 0.25) is 0 Å². The summed E-state index contributed by atoms with van der Waals surface area (Å²) >= 11 is 0. The van der Waals surface area contributed by atoms with E-state index in [0.29, 0.717) is 12.0 Å². The van der Waals surface area contributed by atoms with Gasteiger partial charge < -0.3 is 10.4 Å². The molecule has 2 aromatic carbocycles. The second kappa shape index (κ2) is 7.41. The van der Waals surface area contributed by atoms with Gasteiger partial charge in [0.25, 0.3) is 0 Å². The van der Waals surface area contributed by atoms with Crippen LogP contribution in [0.1, 0.15) is 30.9 Å². The zero-order chi connectivity index (χ0) is 15.9. The minimum atomic E-state index is 0.0171. The maximum atomic E-state index is 11.5. The predicted molar refractivity (Wildman–Crippen MR) is 90.1 cm³/mol. The van der Waals surface area contributed by atoms with Gasteiger partial charge in [-0.3, -0.25) is 9.79 Å². The molecule has 0 bridgehead atoms. The number of benzene rings is 2. The Morgan fingerprint density at radius 1 is 1.23 bits per heavy atom. The Hall–Kier alpha value is -2.62. The maximum Gasteiger partial charge on any atom is 0.224 e. The van der Waals surface area contributed by atoms with Crippen LogP contribution in [-0.2, 0) is 4.79 Å². The topological polar surface area (TPSA) is 61.7 Å². The molecule has 0 saturated heterocycles. The van der Waals surface area contributed by atoms with Crippen LogP contribution < -0.4 is 5.32 Å². The highest BCUT2D eigenvalue weighted by Crippen LogP contribution is 2.21. The average Bonchev–Trinajstić information content (AvgIpc) is 2.50. The number of carbonyl (C=O) groups excluding carboxylic acids is 1. The molecule has 0 saturated carbocycles. The molecule has 0 aromatic heterocycles. The molecule has 2 N–H and O–H groups in total. The van der Waals surface area contributed by atoms with Crippen LogP contribution in [0.25, 0.3) is 0 Å². The van der Waals surface area contributed by atoms with Gasteiger partial charge in [0.1, 0.15) is 5.75 Å². The standard InChI is InChI=1S/C18H20N2O2/c1-3-5-17(21)20-16-10-8-15(9-11-16)19-12-14-7-4-6-13(2)18(14)22/h4,6-12,22H,3,5H2,1-2H3,(H,20,21). The Bertz CT molecular complexity index is 676. The Morgan fingerprint density at radius 2 is 1.95 bits per heavy atom. The van der Waals surface area contributed by atoms with Gasteiger partial charge in [-0.05, 0) is 49.2 Å². The van der Waals surface area contributed by atoms with Gasteiger partial charge in [-0.1, -0.05) is 19.1 Å². The number of phenolic OH excluding ortho intramolecular Hbond substituents is 1. The lowest BCUT2D eigenvalue weighted by Crippen LogP contribution is -2.10. The summed E-state index contributed by atoms with van der Waals surface area (Å²) in [6.45, 7) is 3.82. The number of aromatic hydroxyl groups is 1. The summed E-state index contributed by atoms with van der Waals surface area (Å²) in [6, 6.07) is 12.8. The van der Waals surface area contributed by atoms with Gasteiger partial charge in [0.05, 0.1) is 5.69 Å². The smallest absolute Gasteiger partial charge is 0.224 e. The van der Waals surface area contributed by atoms with Crippen LogP contribution >= 0.6 is 0 Å². The summed E-state index contributed by atoms with van der Waals surface area (Å²) in [5.74, 6) is 0.262. The fraction of sp³-hybridized carbons (Fsp3) is 0.222. The van der Waals surface area contributed by atoms with E-state index >= 15 is 0 Å². The minimum Gasteiger partial charge on any atom is -0.507 e. The number of phenols is 1. The average molecular weight is 296 g/mol. The third kappa shape index (κ3) is 4.19. The molecule has 114 valence electrons. The van der Waals surface area contributed by atoms with Crippen LogP contribution in [0.4, 0.5) is 11.4 Å². The molecular weight excluding hydrogens is 276 g/mol. The van der Waals surface area contributed by atoms with Gasteiger partial charge >= 0.3 is 0 Å². The molecule has 0 aliphatic rings. The summed E-state index contributed by atoms with van der Waals surface area (Å²) in [5, 5.41) is 12.8. The van der Waals surface area contributed by atoms with E-state index in [1.54, 1.807) is 6.21 Å². The molecule has 0 spiro atoms. The lowest BCUT2D eigenvalue weighted by atomic mass is 10.1. The lowest BCUT2D eigenvalue weighted by Gasteiger charge is -2.04. The monoisotopic (exact) mass is 296 g/mol. The third-order valence-electron chi connectivity index (χ3n) is 3.25. The molecule has 0 heterocycles. The van der Waals surface area contributed by atoms with Crippen molar-refractivity contribution >= 4 is 23.5 Å². The van der Waals surface area contributed by atoms with E-state index in [0.717, 1.165) is 23.4 Å². The first kappa shape index (κ1) is 15.8. The number of anilines is 1. The highest BCUT2D eigenvalue weighted by molar-refractivity contribution is 5.91. The highest BCUT2D eigenvalue weighted by atomic mass is 16.3. The van der Waals surface area contributed by atoms with Crippen molar-refractivity contribution in [1.82, 2.24) is 0 Å². The largest absolute Gasteiger partial charge is 0.507 e. The quantitative estimate of drug-likeness (QED) is 0.813. The van der Waals surface area contributed by atoms with Crippen LogP contribution in [0.5, 0.6) is 5.75 Å². The zero-order valence-electron chi connectivity index (χ0n) is 12.8. The van der Waals surface area contributed by atoms with E-state index in [4.69, 9.17) is 0 Å². The van der Waals surface area contributed by atoms with E-state index in [-0.39, 0.29) is 11.7 Å². The van der Waals surface area contributed by atoms with Crippen molar-refractivity contribution in [2.75, 3.05) is 5.32 Å². The van der Waals surface area contributed by atoms with Gasteiger partial charge in [0.15, 0.2) is 0 Å². The molecule has 2 aromatic rings. The van der Waals surface area contributed by atoms with Gasteiger partial charge in [0, 0.05) is 23.9 Å². The van der Waals surface area contributed by atoms with E-state index < -0.39 is 0 Å². The van der Waals surface area contributed by atoms with Crippen molar-refractivity contribution in [3.8, 4) is 5.75 Å². The van der Waals surface area contributed by atoms with Crippen molar-refractivity contribution in [3.05, 3.63) is 53.6 Å². The molecule has 1 amide bonds. The maximum absolute atomic E-state index is 11.5. The summed E-state index contributed by atoms with van der Waals surface area (Å²) in [6.07, 6.45) is 2.98. The number of para-hydroxylation sites is 1. The van der Waals surface area contributed by atoms with Crippen LogP contribution in [0.15, 0.2) is 47.5 Å². The summed E-state index contributed by atoms with van der Waals surface area (Å²) in [7, 11) is 0. The molecule has 0 aliphatic carbocycles. The summed E-state index contributed by atoms with van der Waals surface area (Å²) in [4.78, 5) is 15.8. The SMILES string of the molecule is CCCC(=O)Nc1ccc(N=Cc2cccc(C)c2O)cc1. The first-order chi connectivity index (χ1) is 10.6. The molecule has 0 radical (unpaired) electrons. The molecule has 22 heavy (non-hydrogen) atoms. The Balaban J connectivity index is 2.06.